The molecule has 0 atom stereocenters. The molecular formula is C25H16BrCl2FN2O4S. The summed E-state index contributed by atoms with van der Waals surface area (Å²) in [5.41, 5.74) is 0.872. The van der Waals surface area contributed by atoms with Crippen molar-refractivity contribution in [3.63, 3.8) is 0 Å². The molecule has 3 aromatic rings. The topological polar surface area (TPSA) is 67.9 Å². The molecule has 0 unspecified atom stereocenters. The number of carbonyl (C=O) groups is 2. The van der Waals surface area contributed by atoms with Crippen LogP contribution in [0.5, 0.6) is 11.5 Å². The number of hydrogen-bond acceptors (Lipinski definition) is 5. The minimum absolute atomic E-state index is 0.0242. The van der Waals surface area contributed by atoms with E-state index in [0.29, 0.717) is 27.1 Å². The number of thiocarbonyl (C=S) groups is 1. The highest BCUT2D eigenvalue weighted by Crippen LogP contribution is 2.37. The number of nitrogens with one attached hydrogen (secondary N) is 1. The van der Waals surface area contributed by atoms with E-state index in [0.717, 1.165) is 4.90 Å². The molecule has 2 amide bonds. The summed E-state index contributed by atoms with van der Waals surface area (Å²) in [6.45, 7) is -0.0242. The van der Waals surface area contributed by atoms with Gasteiger partial charge in [0, 0.05) is 10.0 Å². The molecule has 0 radical (unpaired) electrons. The Hall–Kier alpha value is -2.98. The smallest absolute Gasteiger partial charge is 0.270 e. The maximum absolute atomic E-state index is 14.0. The fourth-order valence-electron chi connectivity index (χ4n) is 3.40. The number of methoxy groups -OCH3 is 1. The second kappa shape index (κ2) is 11.0. The molecule has 1 heterocycles. The van der Waals surface area contributed by atoms with Crippen LogP contribution in [-0.2, 0) is 16.2 Å². The number of hydrogen-bond donors (Lipinski definition) is 1. The maximum atomic E-state index is 14.0. The molecule has 11 heteroatoms. The second-order valence-electron chi connectivity index (χ2n) is 7.44. The number of anilines is 1. The number of nitrogens with zero attached hydrogens (tertiary/aromatic N) is 1. The minimum atomic E-state index is -0.682. The van der Waals surface area contributed by atoms with Gasteiger partial charge in [-0.25, -0.2) is 4.39 Å². The highest BCUT2D eigenvalue weighted by atomic mass is 79.9. The summed E-state index contributed by atoms with van der Waals surface area (Å²) in [7, 11) is 1.44. The van der Waals surface area contributed by atoms with Gasteiger partial charge in [0.25, 0.3) is 11.8 Å². The van der Waals surface area contributed by atoms with Crippen molar-refractivity contribution in [3.8, 4) is 11.5 Å². The summed E-state index contributed by atoms with van der Waals surface area (Å²) >= 11 is 21.0. The molecule has 184 valence electrons. The molecule has 1 aliphatic rings. The third-order valence-corrected chi connectivity index (χ3v) is 6.98. The van der Waals surface area contributed by atoms with Crippen LogP contribution < -0.4 is 19.7 Å². The summed E-state index contributed by atoms with van der Waals surface area (Å²) in [6.07, 6.45) is 1.39. The van der Waals surface area contributed by atoms with Gasteiger partial charge in [0.05, 0.1) is 22.8 Å². The van der Waals surface area contributed by atoms with Gasteiger partial charge in [-0.15, -0.1) is 0 Å². The van der Waals surface area contributed by atoms with Crippen LogP contribution in [0.3, 0.4) is 0 Å². The van der Waals surface area contributed by atoms with Crippen molar-refractivity contribution in [1.82, 2.24) is 5.32 Å². The first kappa shape index (κ1) is 26.1. The Morgan fingerprint density at radius 1 is 1.11 bits per heavy atom. The van der Waals surface area contributed by atoms with Gasteiger partial charge in [-0.1, -0.05) is 63.4 Å². The van der Waals surface area contributed by atoms with Crippen molar-refractivity contribution in [2.75, 3.05) is 12.0 Å². The molecule has 0 bridgehead atoms. The highest BCUT2D eigenvalue weighted by Gasteiger charge is 2.36. The van der Waals surface area contributed by atoms with Crippen molar-refractivity contribution < 1.29 is 23.5 Å². The summed E-state index contributed by atoms with van der Waals surface area (Å²) in [4.78, 5) is 27.1. The first-order chi connectivity index (χ1) is 17.2. The number of halogens is 4. The molecule has 0 aliphatic carbocycles. The maximum Gasteiger partial charge on any atom is 0.270 e. The van der Waals surface area contributed by atoms with E-state index < -0.39 is 11.8 Å². The van der Waals surface area contributed by atoms with Gasteiger partial charge < -0.3 is 9.47 Å². The van der Waals surface area contributed by atoms with E-state index in [1.54, 1.807) is 48.5 Å². The van der Waals surface area contributed by atoms with Crippen LogP contribution in [-0.4, -0.2) is 24.0 Å². The molecule has 4 rings (SSSR count). The number of ether oxygens (including phenoxy) is 2. The normalized spacial score (nSPS) is 14.8. The summed E-state index contributed by atoms with van der Waals surface area (Å²) in [5, 5.41) is 2.72. The largest absolute Gasteiger partial charge is 0.493 e. The average molecular weight is 610 g/mol. The van der Waals surface area contributed by atoms with E-state index in [1.165, 1.54) is 19.3 Å². The Morgan fingerprint density at radius 3 is 2.58 bits per heavy atom. The predicted molar refractivity (Wildman–Crippen MR) is 144 cm³/mol. The first-order valence-corrected chi connectivity index (χ1v) is 12.3. The molecule has 0 aromatic heterocycles. The zero-order valence-corrected chi connectivity index (χ0v) is 22.4. The quantitative estimate of drug-likeness (QED) is 0.201. The molecule has 1 fully saturated rings. The number of rotatable bonds is 6. The van der Waals surface area contributed by atoms with Crippen molar-refractivity contribution in [1.29, 1.82) is 0 Å². The van der Waals surface area contributed by atoms with E-state index in [-0.39, 0.29) is 38.8 Å². The van der Waals surface area contributed by atoms with E-state index in [9.17, 15) is 14.0 Å². The van der Waals surface area contributed by atoms with Gasteiger partial charge in [-0.2, -0.15) is 0 Å². The van der Waals surface area contributed by atoms with Gasteiger partial charge in [0.2, 0.25) is 0 Å². The van der Waals surface area contributed by atoms with Crippen LogP contribution in [0.15, 0.2) is 64.6 Å². The van der Waals surface area contributed by atoms with E-state index in [1.807, 2.05) is 0 Å². The van der Waals surface area contributed by atoms with Gasteiger partial charge in [-0.05, 0) is 54.2 Å². The van der Waals surface area contributed by atoms with Gasteiger partial charge in [0.15, 0.2) is 16.6 Å². The van der Waals surface area contributed by atoms with Crippen molar-refractivity contribution >= 4 is 80.0 Å². The summed E-state index contributed by atoms with van der Waals surface area (Å²) in [6, 6.07) is 14.2. The molecule has 0 saturated carbocycles. The van der Waals surface area contributed by atoms with E-state index in [4.69, 9.17) is 44.9 Å². The minimum Gasteiger partial charge on any atom is -0.493 e. The molecular weight excluding hydrogens is 594 g/mol. The Morgan fingerprint density at radius 2 is 1.86 bits per heavy atom. The van der Waals surface area contributed by atoms with Crippen LogP contribution >= 0.6 is 51.3 Å². The highest BCUT2D eigenvalue weighted by molar-refractivity contribution is 9.10. The zero-order valence-electron chi connectivity index (χ0n) is 18.5. The number of benzene rings is 3. The monoisotopic (exact) mass is 608 g/mol. The van der Waals surface area contributed by atoms with Crippen molar-refractivity contribution in [2.45, 2.75) is 6.61 Å². The van der Waals surface area contributed by atoms with Gasteiger partial charge >= 0.3 is 0 Å². The lowest BCUT2D eigenvalue weighted by Gasteiger charge is -2.29. The third kappa shape index (κ3) is 5.24. The second-order valence-corrected chi connectivity index (χ2v) is 9.46. The van der Waals surface area contributed by atoms with Crippen molar-refractivity contribution in [3.05, 3.63) is 91.6 Å². The average Bonchev–Trinajstić information content (AvgIpc) is 2.84. The molecule has 1 N–H and O–H groups in total. The lowest BCUT2D eigenvalue weighted by molar-refractivity contribution is -0.122. The standard InChI is InChI=1S/C25H16BrCl2FN2O4S/c1-34-20-10-14(16(26)11-21(20)35-12-13-5-2-3-7-18(13)29)9-15-23(32)30-25(36)31(24(15)33)19-8-4-6-17(27)22(19)28/h2-11H,12H2,1H3,(H,30,32,36)/b15-9+. The summed E-state index contributed by atoms with van der Waals surface area (Å²) < 4.78 is 25.6. The van der Waals surface area contributed by atoms with Crippen LogP contribution in [0.2, 0.25) is 10.0 Å². The Kier molecular flexibility index (Phi) is 7.94. The van der Waals surface area contributed by atoms with Gasteiger partial charge in [-0.3, -0.25) is 19.8 Å². The predicted octanol–water partition coefficient (Wildman–Crippen LogP) is 6.31. The fraction of sp³-hybridized carbons (Fsp3) is 0.0800. The van der Waals surface area contributed by atoms with E-state index >= 15 is 0 Å². The molecule has 36 heavy (non-hydrogen) atoms. The Labute approximate surface area is 229 Å². The van der Waals surface area contributed by atoms with Crippen LogP contribution in [0.4, 0.5) is 10.1 Å². The lowest BCUT2D eigenvalue weighted by atomic mass is 10.1. The SMILES string of the molecule is COc1cc(/C=C2\C(=O)NC(=S)N(c3cccc(Cl)c3Cl)C2=O)c(Br)cc1OCc1ccccc1F. The summed E-state index contributed by atoms with van der Waals surface area (Å²) in [5.74, 6) is -1.09. The first-order valence-electron chi connectivity index (χ1n) is 10.3. The molecule has 6 nitrogen and oxygen atoms in total. The van der Waals surface area contributed by atoms with E-state index in [2.05, 4.69) is 21.2 Å². The molecule has 0 spiro atoms. The number of carbonyl (C=O) groups excluding carboxylic acids is 2. The van der Waals surface area contributed by atoms with Crippen molar-refractivity contribution in [2.24, 2.45) is 0 Å². The Balaban J connectivity index is 1.68. The lowest BCUT2D eigenvalue weighted by Crippen LogP contribution is -2.54. The zero-order chi connectivity index (χ0) is 26.0. The third-order valence-electron chi connectivity index (χ3n) is 5.20. The van der Waals surface area contributed by atoms with Gasteiger partial charge in [0.1, 0.15) is 18.0 Å². The fourth-order valence-corrected chi connectivity index (χ4v) is 4.49. The molecule has 1 saturated heterocycles. The molecule has 3 aromatic carbocycles. The Bertz CT molecular complexity index is 1430. The number of amides is 2. The van der Waals surface area contributed by atoms with Crippen LogP contribution in [0.25, 0.3) is 6.08 Å². The van der Waals surface area contributed by atoms with Crippen LogP contribution in [0.1, 0.15) is 11.1 Å². The van der Waals surface area contributed by atoms with Crippen LogP contribution in [0, 0.1) is 5.82 Å². The molecule has 1 aliphatic heterocycles.